The van der Waals surface area contributed by atoms with E-state index in [0.29, 0.717) is 22.4 Å². The van der Waals surface area contributed by atoms with E-state index in [1.807, 2.05) is 6.92 Å². The number of aldehydes is 1. The lowest BCUT2D eigenvalue weighted by molar-refractivity contribution is 0.100. The number of halogens is 1. The quantitative estimate of drug-likeness (QED) is 0.824. The normalized spacial score (nSPS) is 8.91. The molecule has 4 N–H and O–H groups in total. The summed E-state index contributed by atoms with van der Waals surface area (Å²) in [6.07, 6.45) is 1.93. The molecule has 2 rings (SSSR count). The van der Waals surface area contributed by atoms with Crippen molar-refractivity contribution in [2.24, 2.45) is 5.73 Å². The second-order valence-corrected chi connectivity index (χ2v) is 5.66. The minimum atomic E-state index is -0.457. The number of nitrogens with two attached hydrogens (primary N) is 2. The van der Waals surface area contributed by atoms with E-state index in [1.165, 1.54) is 42.0 Å². The summed E-state index contributed by atoms with van der Waals surface area (Å²) >= 11 is 1.37. The van der Waals surface area contributed by atoms with Gasteiger partial charge in [-0.2, -0.15) is 0 Å². The number of nitrogen functional groups attached to an aromatic ring is 1. The molecule has 4 nitrogen and oxygen atoms in total. The number of rotatable bonds is 2. The highest BCUT2D eigenvalue weighted by Gasteiger charge is 2.07. The molecule has 1 heterocycles. The van der Waals surface area contributed by atoms with Crippen LogP contribution in [0, 0.1) is 12.7 Å². The van der Waals surface area contributed by atoms with Crippen LogP contribution in [0.2, 0.25) is 0 Å². The fraction of sp³-hybridized carbons (Fsp3) is 0.250. The second-order valence-electron chi connectivity index (χ2n) is 4.38. The standard InChI is InChI=1S/C7H5FO.C6H8N2OS.C3H8/c8-7-3-1-6(5-9)2-4-7;1-3-2-4(5(7)9)6(8)10-3;1-3-2/h1-5H;2H,8H2,1H3,(H2,7,9);3H2,1-2H3. The molecule has 0 saturated heterocycles. The summed E-state index contributed by atoms with van der Waals surface area (Å²) in [7, 11) is 0. The Bertz CT molecular complexity index is 595. The molecule has 0 spiro atoms. The Morgan fingerprint density at radius 2 is 1.77 bits per heavy atom. The summed E-state index contributed by atoms with van der Waals surface area (Å²) in [5, 5.41) is 0.505. The van der Waals surface area contributed by atoms with Crippen molar-refractivity contribution in [3.8, 4) is 0 Å². The molecule has 2 aromatic rings. The molecule has 0 radical (unpaired) electrons. The summed E-state index contributed by atoms with van der Waals surface area (Å²) in [5.41, 5.74) is 11.4. The molecule has 22 heavy (non-hydrogen) atoms. The number of carbonyl (C=O) groups excluding carboxylic acids is 2. The number of aryl methyl sites for hydroxylation is 1. The van der Waals surface area contributed by atoms with Gasteiger partial charge in [-0.15, -0.1) is 11.3 Å². The molecule has 0 saturated carbocycles. The average Bonchev–Trinajstić information content (AvgIpc) is 2.80. The molecule has 0 bridgehead atoms. The van der Waals surface area contributed by atoms with Crippen molar-refractivity contribution in [1.29, 1.82) is 0 Å². The Morgan fingerprint density at radius 3 is 2.05 bits per heavy atom. The van der Waals surface area contributed by atoms with E-state index >= 15 is 0 Å². The van der Waals surface area contributed by atoms with Gasteiger partial charge in [-0.3, -0.25) is 9.59 Å². The van der Waals surface area contributed by atoms with Crippen molar-refractivity contribution in [2.45, 2.75) is 27.2 Å². The summed E-state index contributed by atoms with van der Waals surface area (Å²) in [5.74, 6) is -0.776. The molecule has 1 amide bonds. The zero-order chi connectivity index (χ0) is 17.1. The fourth-order valence-corrected chi connectivity index (χ4v) is 2.06. The molecule has 6 heteroatoms. The van der Waals surface area contributed by atoms with E-state index in [2.05, 4.69) is 13.8 Å². The van der Waals surface area contributed by atoms with Crippen molar-refractivity contribution >= 4 is 28.5 Å². The van der Waals surface area contributed by atoms with Crippen LogP contribution in [0.3, 0.4) is 0 Å². The summed E-state index contributed by atoms with van der Waals surface area (Å²) < 4.78 is 12.1. The lowest BCUT2D eigenvalue weighted by Crippen LogP contribution is -2.11. The first kappa shape index (κ1) is 19.8. The van der Waals surface area contributed by atoms with Crippen LogP contribution < -0.4 is 11.5 Å². The van der Waals surface area contributed by atoms with Gasteiger partial charge in [0, 0.05) is 10.4 Å². The Hall–Kier alpha value is -2.21. The number of hydrogen-bond acceptors (Lipinski definition) is 4. The molecule has 1 aromatic heterocycles. The Kier molecular flexibility index (Phi) is 9.45. The molecule has 0 fully saturated rings. The molecule has 0 aliphatic rings. The van der Waals surface area contributed by atoms with Crippen molar-refractivity contribution in [3.05, 3.63) is 52.2 Å². The number of primary amides is 1. The van der Waals surface area contributed by atoms with Gasteiger partial charge in [0.25, 0.3) is 5.91 Å². The SMILES string of the molecule is CCC.Cc1cc(C(N)=O)c(N)s1.O=Cc1ccc(F)cc1. The van der Waals surface area contributed by atoms with E-state index in [-0.39, 0.29) is 5.82 Å². The zero-order valence-electron chi connectivity index (χ0n) is 12.9. The number of amides is 1. The van der Waals surface area contributed by atoms with Crippen LogP contribution in [0.1, 0.15) is 45.9 Å². The van der Waals surface area contributed by atoms with Gasteiger partial charge in [0.05, 0.1) is 10.6 Å². The van der Waals surface area contributed by atoms with E-state index in [4.69, 9.17) is 11.5 Å². The minimum Gasteiger partial charge on any atom is -0.390 e. The maximum absolute atomic E-state index is 12.1. The number of benzene rings is 1. The van der Waals surface area contributed by atoms with Crippen LogP contribution in [0.15, 0.2) is 30.3 Å². The molecule has 1 aromatic carbocycles. The molecular formula is C16H21FN2O2S. The van der Waals surface area contributed by atoms with E-state index < -0.39 is 5.91 Å². The molecule has 0 atom stereocenters. The smallest absolute Gasteiger partial charge is 0.251 e. The van der Waals surface area contributed by atoms with Crippen molar-refractivity contribution in [2.75, 3.05) is 5.73 Å². The van der Waals surface area contributed by atoms with E-state index in [9.17, 15) is 14.0 Å². The van der Waals surface area contributed by atoms with Gasteiger partial charge in [-0.05, 0) is 37.3 Å². The highest BCUT2D eigenvalue weighted by molar-refractivity contribution is 7.16. The monoisotopic (exact) mass is 324 g/mol. The number of thiophene rings is 1. The van der Waals surface area contributed by atoms with Gasteiger partial charge in [0.1, 0.15) is 12.1 Å². The minimum absolute atomic E-state index is 0.319. The van der Waals surface area contributed by atoms with Gasteiger partial charge >= 0.3 is 0 Å². The third-order valence-electron chi connectivity index (χ3n) is 2.16. The predicted molar refractivity (Wildman–Crippen MR) is 89.7 cm³/mol. The third-order valence-corrected chi connectivity index (χ3v) is 3.04. The van der Waals surface area contributed by atoms with Crippen LogP contribution in [-0.2, 0) is 0 Å². The molecule has 120 valence electrons. The Labute approximate surface area is 133 Å². The maximum atomic E-state index is 12.1. The van der Waals surface area contributed by atoms with Crippen molar-refractivity contribution in [1.82, 2.24) is 0 Å². The topological polar surface area (TPSA) is 86.2 Å². The first-order valence-corrected chi connectivity index (χ1v) is 7.53. The fourth-order valence-electron chi connectivity index (χ4n) is 1.27. The number of anilines is 1. The maximum Gasteiger partial charge on any atom is 0.251 e. The van der Waals surface area contributed by atoms with Gasteiger partial charge < -0.3 is 11.5 Å². The van der Waals surface area contributed by atoms with Crippen LogP contribution in [-0.4, -0.2) is 12.2 Å². The number of carbonyl (C=O) groups is 2. The highest BCUT2D eigenvalue weighted by Crippen LogP contribution is 2.23. The first-order chi connectivity index (χ1) is 10.3. The summed E-state index contributed by atoms with van der Waals surface area (Å²) in [4.78, 5) is 21.6. The first-order valence-electron chi connectivity index (χ1n) is 6.72. The van der Waals surface area contributed by atoms with Crippen LogP contribution in [0.25, 0.3) is 0 Å². The number of hydrogen-bond donors (Lipinski definition) is 2. The van der Waals surface area contributed by atoms with Gasteiger partial charge in [0.15, 0.2) is 0 Å². The predicted octanol–water partition coefficient (Wildman–Crippen LogP) is 3.79. The summed E-state index contributed by atoms with van der Waals surface area (Å²) in [6.45, 7) is 6.13. The van der Waals surface area contributed by atoms with Gasteiger partial charge in [0.2, 0.25) is 0 Å². The Balaban J connectivity index is 0.000000342. The summed E-state index contributed by atoms with van der Waals surface area (Å²) in [6, 6.07) is 7.07. The zero-order valence-corrected chi connectivity index (χ0v) is 13.7. The average molecular weight is 324 g/mol. The molecule has 0 unspecified atom stereocenters. The van der Waals surface area contributed by atoms with Crippen LogP contribution in [0.5, 0.6) is 0 Å². The second kappa shape index (κ2) is 10.5. The van der Waals surface area contributed by atoms with Crippen LogP contribution in [0.4, 0.5) is 9.39 Å². The highest BCUT2D eigenvalue weighted by atomic mass is 32.1. The Morgan fingerprint density at radius 1 is 1.27 bits per heavy atom. The van der Waals surface area contributed by atoms with E-state index in [0.717, 1.165) is 4.88 Å². The largest absolute Gasteiger partial charge is 0.390 e. The lowest BCUT2D eigenvalue weighted by atomic mass is 10.2. The van der Waals surface area contributed by atoms with E-state index in [1.54, 1.807) is 6.07 Å². The van der Waals surface area contributed by atoms with Crippen LogP contribution >= 0.6 is 11.3 Å². The van der Waals surface area contributed by atoms with Crippen molar-refractivity contribution in [3.63, 3.8) is 0 Å². The van der Waals surface area contributed by atoms with Gasteiger partial charge in [-0.25, -0.2) is 4.39 Å². The molecule has 0 aliphatic heterocycles. The van der Waals surface area contributed by atoms with Crippen molar-refractivity contribution < 1.29 is 14.0 Å². The molecular weight excluding hydrogens is 303 g/mol. The van der Waals surface area contributed by atoms with Gasteiger partial charge in [-0.1, -0.05) is 20.3 Å². The third kappa shape index (κ3) is 7.54. The lowest BCUT2D eigenvalue weighted by Gasteiger charge is -1.88. The molecule has 0 aliphatic carbocycles.